The summed E-state index contributed by atoms with van der Waals surface area (Å²) in [6.45, 7) is 13.8. The minimum Gasteiger partial charge on any atom is -0.394 e. The molecule has 0 aromatic rings. The van der Waals surface area contributed by atoms with E-state index < -0.39 is 6.10 Å². The van der Waals surface area contributed by atoms with Crippen LogP contribution in [0.25, 0.3) is 0 Å². The highest BCUT2D eigenvalue weighted by Crippen LogP contribution is 2.18. The maximum Gasteiger partial charge on any atom is 0.247 e. The molecule has 4 atom stereocenters. The van der Waals surface area contributed by atoms with Crippen LogP contribution in [0.2, 0.25) is 0 Å². The first-order valence-corrected chi connectivity index (χ1v) is 10.8. The third-order valence-electron chi connectivity index (χ3n) is 4.84. The van der Waals surface area contributed by atoms with Crippen LogP contribution in [0.3, 0.4) is 0 Å². The Balaban J connectivity index is 4.68. The summed E-state index contributed by atoms with van der Waals surface area (Å²) in [4.78, 5) is 11.8. The summed E-state index contributed by atoms with van der Waals surface area (Å²) in [7, 11) is 0. The predicted octanol–water partition coefficient (Wildman–Crippen LogP) is 5.03. The van der Waals surface area contributed by atoms with Crippen LogP contribution in [0.1, 0.15) is 54.9 Å². The van der Waals surface area contributed by atoms with Gasteiger partial charge >= 0.3 is 0 Å². The van der Waals surface area contributed by atoms with Crippen LogP contribution < -0.4 is 5.32 Å². The second-order valence-electron chi connectivity index (χ2n) is 8.05. The Bertz CT molecular complexity index is 695. The van der Waals surface area contributed by atoms with Crippen molar-refractivity contribution >= 4 is 5.91 Å². The summed E-state index contributed by atoms with van der Waals surface area (Å²) in [6.07, 6.45) is 18.0. The zero-order valence-corrected chi connectivity index (χ0v) is 19.7. The highest BCUT2D eigenvalue weighted by Gasteiger charge is 2.14. The van der Waals surface area contributed by atoms with E-state index in [-0.39, 0.29) is 24.5 Å². The van der Waals surface area contributed by atoms with Crippen molar-refractivity contribution < 1.29 is 15.0 Å². The molecule has 30 heavy (non-hydrogen) atoms. The lowest BCUT2D eigenvalue weighted by Crippen LogP contribution is -2.35. The van der Waals surface area contributed by atoms with Gasteiger partial charge in [0.15, 0.2) is 0 Å². The average molecular weight is 416 g/mol. The van der Waals surface area contributed by atoms with Gasteiger partial charge in [-0.05, 0) is 39.2 Å². The van der Waals surface area contributed by atoms with E-state index in [0.29, 0.717) is 11.5 Å². The maximum atomic E-state index is 11.8. The van der Waals surface area contributed by atoms with Gasteiger partial charge in [-0.15, -0.1) is 0 Å². The van der Waals surface area contributed by atoms with Gasteiger partial charge in [0.2, 0.25) is 5.91 Å². The molecule has 0 fully saturated rings. The van der Waals surface area contributed by atoms with Crippen LogP contribution in [0.15, 0.2) is 71.4 Å². The first kappa shape index (κ1) is 27.8. The number of rotatable bonds is 12. The van der Waals surface area contributed by atoms with E-state index in [0.717, 1.165) is 17.6 Å². The summed E-state index contributed by atoms with van der Waals surface area (Å²) in [5.41, 5.74) is 2.70. The van der Waals surface area contributed by atoms with Crippen LogP contribution in [-0.4, -0.2) is 34.9 Å². The third kappa shape index (κ3) is 12.4. The molecule has 4 heteroatoms. The molecule has 0 spiro atoms. The lowest BCUT2D eigenvalue weighted by Gasteiger charge is -2.18. The van der Waals surface area contributed by atoms with Crippen molar-refractivity contribution in [3.63, 3.8) is 0 Å². The summed E-state index contributed by atoms with van der Waals surface area (Å²) >= 11 is 0. The monoisotopic (exact) mass is 415 g/mol. The molecule has 0 rings (SSSR count). The van der Waals surface area contributed by atoms with Crippen LogP contribution in [0.5, 0.6) is 0 Å². The molecule has 4 unspecified atom stereocenters. The lowest BCUT2D eigenvalue weighted by atomic mass is 9.93. The van der Waals surface area contributed by atoms with Crippen LogP contribution in [0.4, 0.5) is 0 Å². The largest absolute Gasteiger partial charge is 0.394 e. The number of carbonyl (C=O) groups is 1. The van der Waals surface area contributed by atoms with Gasteiger partial charge in [-0.2, -0.15) is 0 Å². The lowest BCUT2D eigenvalue weighted by molar-refractivity contribution is -0.118. The smallest absolute Gasteiger partial charge is 0.247 e. The molecule has 1 amide bonds. The van der Waals surface area contributed by atoms with Crippen LogP contribution in [-0.2, 0) is 4.79 Å². The molecule has 0 heterocycles. The van der Waals surface area contributed by atoms with E-state index in [1.807, 2.05) is 51.2 Å². The van der Waals surface area contributed by atoms with Crippen molar-refractivity contribution in [3.8, 4) is 0 Å². The fraction of sp³-hybridized carbons (Fsp3) is 0.500. The fourth-order valence-corrected chi connectivity index (χ4v) is 2.70. The van der Waals surface area contributed by atoms with Crippen molar-refractivity contribution in [2.75, 3.05) is 6.61 Å². The van der Waals surface area contributed by atoms with Gasteiger partial charge in [0, 0.05) is 17.5 Å². The highest BCUT2D eigenvalue weighted by molar-refractivity contribution is 5.93. The summed E-state index contributed by atoms with van der Waals surface area (Å²) in [5.74, 6) is 0.343. The van der Waals surface area contributed by atoms with E-state index in [2.05, 4.69) is 31.3 Å². The molecule has 0 radical (unpaired) electrons. The van der Waals surface area contributed by atoms with E-state index in [1.54, 1.807) is 26.0 Å². The van der Waals surface area contributed by atoms with Crippen LogP contribution in [0, 0.1) is 11.8 Å². The fourth-order valence-electron chi connectivity index (χ4n) is 2.70. The molecular weight excluding hydrogens is 374 g/mol. The molecule has 0 aromatic heterocycles. The number of nitrogens with one attached hydrogen (secondary N) is 1. The molecule has 0 aliphatic rings. The van der Waals surface area contributed by atoms with Crippen molar-refractivity contribution in [2.24, 2.45) is 11.8 Å². The number of hydrogen-bond acceptors (Lipinski definition) is 3. The molecule has 0 saturated carbocycles. The van der Waals surface area contributed by atoms with E-state index >= 15 is 0 Å². The zero-order valence-electron chi connectivity index (χ0n) is 19.7. The molecule has 0 aliphatic carbocycles. The quantitative estimate of drug-likeness (QED) is 0.238. The summed E-state index contributed by atoms with van der Waals surface area (Å²) in [5, 5.41) is 22.1. The Labute approximate surface area is 183 Å². The van der Waals surface area contributed by atoms with Gasteiger partial charge < -0.3 is 15.5 Å². The molecule has 3 N–H and O–H groups in total. The number of allylic oxidation sites excluding steroid dienone is 9. The average Bonchev–Trinajstić information content (AvgIpc) is 2.71. The van der Waals surface area contributed by atoms with Gasteiger partial charge in [0.25, 0.3) is 0 Å². The van der Waals surface area contributed by atoms with Gasteiger partial charge in [0.1, 0.15) is 0 Å². The van der Waals surface area contributed by atoms with Crippen molar-refractivity contribution in [1.82, 2.24) is 5.32 Å². The molecule has 0 saturated heterocycles. The minimum absolute atomic E-state index is 0.0478. The van der Waals surface area contributed by atoms with Gasteiger partial charge in [-0.25, -0.2) is 0 Å². The van der Waals surface area contributed by atoms with Crippen molar-refractivity contribution in [2.45, 2.75) is 67.0 Å². The number of carbonyl (C=O) groups excluding carboxylic acids is 1. The zero-order chi connectivity index (χ0) is 23.1. The first-order valence-electron chi connectivity index (χ1n) is 10.8. The topological polar surface area (TPSA) is 69.6 Å². The molecule has 4 nitrogen and oxygen atoms in total. The standard InChI is InChI=1S/C26H41NO3/c1-8-19(2)16-22(5)25(29)23(6)17-20(3)14-12-10-9-11-13-15-21(4)26(30)27-24(7)18-28/h9-17,19,23-25,28-29H,8,18H2,1-7H3,(H,27,30)/b10-9?,13-11+,14-12?,20-17?,21-15+,22-16?. The number of hydrogen-bond donors (Lipinski definition) is 3. The Kier molecular flexibility index (Phi) is 14.5. The van der Waals surface area contributed by atoms with E-state index in [4.69, 9.17) is 5.11 Å². The summed E-state index contributed by atoms with van der Waals surface area (Å²) < 4.78 is 0. The van der Waals surface area contributed by atoms with E-state index in [9.17, 15) is 9.90 Å². The molecular formula is C26H41NO3. The second kappa shape index (κ2) is 15.6. The Morgan fingerprint density at radius 1 is 0.967 bits per heavy atom. The predicted molar refractivity (Wildman–Crippen MR) is 128 cm³/mol. The normalized spacial score (nSPS) is 18.2. The maximum absolute atomic E-state index is 11.8. The molecule has 0 aliphatic heterocycles. The van der Waals surface area contributed by atoms with E-state index in [1.165, 1.54) is 0 Å². The summed E-state index contributed by atoms with van der Waals surface area (Å²) in [6, 6.07) is -0.255. The number of amides is 1. The number of aliphatic hydroxyl groups is 2. The highest BCUT2D eigenvalue weighted by atomic mass is 16.3. The van der Waals surface area contributed by atoms with Crippen molar-refractivity contribution in [1.29, 1.82) is 0 Å². The molecule has 168 valence electrons. The van der Waals surface area contributed by atoms with Gasteiger partial charge in [-0.3, -0.25) is 4.79 Å². The Hall–Kier alpha value is -2.17. The van der Waals surface area contributed by atoms with Gasteiger partial charge in [0.05, 0.1) is 12.7 Å². The SMILES string of the molecule is CCC(C)C=C(C)C(O)C(C)C=C(C)C=CC=C/C=C/C=C(\C)C(=O)NC(C)CO. The molecule has 0 aromatic carbocycles. The van der Waals surface area contributed by atoms with Crippen molar-refractivity contribution in [3.05, 3.63) is 71.4 Å². The molecule has 0 bridgehead atoms. The second-order valence-corrected chi connectivity index (χ2v) is 8.05. The number of aliphatic hydroxyl groups excluding tert-OH is 2. The van der Waals surface area contributed by atoms with Crippen LogP contribution >= 0.6 is 0 Å². The Morgan fingerprint density at radius 2 is 1.57 bits per heavy atom. The third-order valence-corrected chi connectivity index (χ3v) is 4.84. The first-order chi connectivity index (χ1) is 14.1. The Morgan fingerprint density at radius 3 is 2.17 bits per heavy atom. The minimum atomic E-state index is -0.464. The van der Waals surface area contributed by atoms with Gasteiger partial charge in [-0.1, -0.05) is 87.4 Å².